The standard InChI is InChI=1S/C21H10O2S.14H2/c1-3-4-5-6-7-8-9-10-11-12-13-14-15-16-17-18-21(22)23-19-20-24-2;;;;;;;;;;;;;;/h19-20H2,1-2H3;14*1H. The minimum Gasteiger partial charge on any atom is -0.455 e. The van der Waals surface area contributed by atoms with Crippen LogP contribution in [0.3, 0.4) is 0 Å². The Kier molecular flexibility index (Phi) is 14.7. The molecule has 0 aromatic heterocycles. The minimum atomic E-state index is -0.603. The van der Waals surface area contributed by atoms with Crippen LogP contribution in [0.4, 0.5) is 0 Å². The summed E-state index contributed by atoms with van der Waals surface area (Å²) in [5.41, 5.74) is 0. The molecule has 24 heavy (non-hydrogen) atoms. The van der Waals surface area contributed by atoms with E-state index < -0.39 is 5.97 Å². The van der Waals surface area contributed by atoms with Crippen LogP contribution in [0.2, 0.25) is 0 Å². The van der Waals surface area contributed by atoms with E-state index >= 15 is 0 Å². The Morgan fingerprint density at radius 3 is 1.62 bits per heavy atom. The number of carbonyl (C=O) groups excluding carboxylic acids is 1. The first-order valence-electron chi connectivity index (χ1n) is 6.39. The van der Waals surface area contributed by atoms with Crippen LogP contribution in [0.5, 0.6) is 0 Å². The van der Waals surface area contributed by atoms with Crippen LogP contribution in [-0.4, -0.2) is 24.6 Å². The number of thioether (sulfide) groups is 1. The van der Waals surface area contributed by atoms with Gasteiger partial charge in [-0.1, -0.05) is 5.92 Å². The summed E-state index contributed by atoms with van der Waals surface area (Å²) in [7, 11) is 0. The van der Waals surface area contributed by atoms with Gasteiger partial charge in [-0.05, 0) is 96.1 Å². The number of rotatable bonds is 3. The third-order valence-electron chi connectivity index (χ3n) is 1.62. The van der Waals surface area contributed by atoms with E-state index in [4.69, 9.17) is 4.74 Å². The van der Waals surface area contributed by atoms with Crippen molar-refractivity contribution in [1.29, 1.82) is 0 Å². The zero-order chi connectivity index (χ0) is 17.7. The molecule has 0 saturated heterocycles. The van der Waals surface area contributed by atoms with Crippen LogP contribution >= 0.6 is 11.8 Å². The lowest BCUT2D eigenvalue weighted by Gasteiger charge is -1.95. The lowest BCUT2D eigenvalue weighted by atomic mass is 10.5. The van der Waals surface area contributed by atoms with Gasteiger partial charge in [0, 0.05) is 31.6 Å². The summed E-state index contributed by atoms with van der Waals surface area (Å²) in [6.07, 6.45) is 1.92. The molecule has 0 aliphatic heterocycles. The van der Waals surface area contributed by atoms with Gasteiger partial charge in [0.25, 0.3) is 0 Å². The Morgan fingerprint density at radius 1 is 0.792 bits per heavy atom. The second-order valence-electron chi connectivity index (χ2n) is 3.25. The summed E-state index contributed by atoms with van der Waals surface area (Å²) in [5.74, 6) is 39.6. The third-order valence-corrected chi connectivity index (χ3v) is 2.20. The van der Waals surface area contributed by atoms with Crippen molar-refractivity contribution in [2.45, 2.75) is 6.92 Å². The molecule has 0 spiro atoms. The Hall–Kier alpha value is -3.70. The van der Waals surface area contributed by atoms with Crippen LogP contribution in [0.1, 0.15) is 26.9 Å². The summed E-state index contributed by atoms with van der Waals surface area (Å²) in [5, 5.41) is 0. The molecule has 0 rings (SSSR count). The SMILES string of the molecule is CC#CC#CC#CC#CC#CC#CC#CC#CC(=O)OCCSC.[HH].[HH].[HH].[HH].[HH].[HH].[HH].[HH].[HH].[HH].[HH].[HH].[HH].[HH]. The summed E-state index contributed by atoms with van der Waals surface area (Å²) < 4.78 is 4.80. The van der Waals surface area contributed by atoms with Crippen LogP contribution < -0.4 is 0 Å². The predicted octanol–water partition coefficient (Wildman–Crippen LogP) is 4.38. The van der Waals surface area contributed by atoms with Crippen LogP contribution in [-0.2, 0) is 9.53 Å². The van der Waals surface area contributed by atoms with Crippen LogP contribution in [0.15, 0.2) is 0 Å². The normalized spacial score (nSPS) is 5.58. The molecule has 3 heteroatoms. The summed E-state index contributed by atoms with van der Waals surface area (Å²) >= 11 is 1.58. The third kappa shape index (κ3) is 16.4. The topological polar surface area (TPSA) is 26.3 Å². The molecular weight excluding hydrogens is 316 g/mol. The van der Waals surface area contributed by atoms with Crippen molar-refractivity contribution in [2.75, 3.05) is 18.6 Å². The molecular formula is C21H38O2S. The largest absolute Gasteiger partial charge is 0.455 e. The molecule has 0 aromatic rings. The molecule has 0 unspecified atom stereocenters. The van der Waals surface area contributed by atoms with E-state index in [9.17, 15) is 4.79 Å². The molecule has 0 aromatic carbocycles. The molecule has 0 saturated carbocycles. The summed E-state index contributed by atoms with van der Waals surface area (Å²) in [4.78, 5) is 11.1. The quantitative estimate of drug-likeness (QED) is 0.325. The van der Waals surface area contributed by atoms with Crippen molar-refractivity contribution in [3.8, 4) is 94.7 Å². The maximum absolute atomic E-state index is 11.1. The molecule has 0 N–H and O–H groups in total. The second-order valence-corrected chi connectivity index (χ2v) is 4.24. The van der Waals surface area contributed by atoms with Gasteiger partial charge in [0.15, 0.2) is 0 Å². The Morgan fingerprint density at radius 2 is 1.21 bits per heavy atom. The van der Waals surface area contributed by atoms with E-state index in [0.29, 0.717) is 6.61 Å². The van der Waals surface area contributed by atoms with Gasteiger partial charge < -0.3 is 4.74 Å². The maximum atomic E-state index is 11.1. The van der Waals surface area contributed by atoms with Gasteiger partial charge >= 0.3 is 5.97 Å². The number of carbonyl (C=O) groups is 1. The zero-order valence-electron chi connectivity index (χ0n) is 13.1. The van der Waals surface area contributed by atoms with E-state index in [-0.39, 0.29) is 20.0 Å². The number of hydrogen-bond acceptors (Lipinski definition) is 3. The first-order chi connectivity index (χ1) is 11.8. The van der Waals surface area contributed by atoms with Crippen LogP contribution in [0.25, 0.3) is 0 Å². The van der Waals surface area contributed by atoms with E-state index in [1.165, 1.54) is 0 Å². The fraction of sp³-hybridized carbons (Fsp3) is 0.190. The predicted molar refractivity (Wildman–Crippen MR) is 127 cm³/mol. The first-order valence-corrected chi connectivity index (χ1v) is 7.79. The van der Waals surface area contributed by atoms with Crippen LogP contribution in [0, 0.1) is 94.7 Å². The first kappa shape index (κ1) is 20.3. The van der Waals surface area contributed by atoms with Crippen molar-refractivity contribution in [2.24, 2.45) is 0 Å². The molecule has 0 bridgehead atoms. The number of ether oxygens (including phenoxy) is 1. The summed E-state index contributed by atoms with van der Waals surface area (Å²) in [6.45, 7) is 2.03. The molecule has 0 fully saturated rings. The van der Waals surface area contributed by atoms with Gasteiger partial charge in [0.2, 0.25) is 0 Å². The number of hydrogen-bond donors (Lipinski definition) is 0. The van der Waals surface area contributed by atoms with Crippen molar-refractivity contribution in [1.82, 2.24) is 0 Å². The minimum absolute atomic E-state index is 0. The zero-order valence-corrected chi connectivity index (χ0v) is 14.0. The van der Waals surface area contributed by atoms with E-state index in [1.54, 1.807) is 18.7 Å². The highest BCUT2D eigenvalue weighted by molar-refractivity contribution is 7.98. The molecule has 140 valence electrons. The van der Waals surface area contributed by atoms with Gasteiger partial charge in [0.05, 0.1) is 0 Å². The lowest BCUT2D eigenvalue weighted by Crippen LogP contribution is -2.04. The Bertz CT molecular complexity index is 976. The average molecular weight is 355 g/mol. The maximum Gasteiger partial charge on any atom is 0.385 e. The fourth-order valence-corrected chi connectivity index (χ4v) is 1.02. The molecule has 0 aliphatic carbocycles. The summed E-state index contributed by atoms with van der Waals surface area (Å²) in [6, 6.07) is 0. The Balaban J connectivity index is -0.0000000291. The van der Waals surface area contributed by atoms with E-state index in [0.717, 1.165) is 5.75 Å². The van der Waals surface area contributed by atoms with Crippen molar-refractivity contribution >= 4 is 17.7 Å². The van der Waals surface area contributed by atoms with E-state index in [2.05, 4.69) is 94.7 Å². The highest BCUT2D eigenvalue weighted by Gasteiger charge is 1.93. The molecule has 0 aliphatic rings. The lowest BCUT2D eigenvalue weighted by molar-refractivity contribution is -0.136. The van der Waals surface area contributed by atoms with Gasteiger partial charge in [-0.3, -0.25) is 0 Å². The van der Waals surface area contributed by atoms with Crippen molar-refractivity contribution < 1.29 is 29.5 Å². The molecule has 0 radical (unpaired) electrons. The highest BCUT2D eigenvalue weighted by Crippen LogP contribution is 1.90. The van der Waals surface area contributed by atoms with Gasteiger partial charge in [-0.15, -0.1) is 0 Å². The molecule has 2 nitrogen and oxygen atoms in total. The molecule has 0 atom stereocenters. The average Bonchev–Trinajstić information content (AvgIpc) is 2.58. The monoisotopic (exact) mass is 354 g/mol. The molecule has 0 heterocycles. The number of esters is 1. The molecule has 0 amide bonds. The second kappa shape index (κ2) is 17.4. The van der Waals surface area contributed by atoms with Gasteiger partial charge in [-0.25, -0.2) is 4.79 Å². The Labute approximate surface area is 168 Å². The fourth-order valence-electron chi connectivity index (χ4n) is 0.774. The van der Waals surface area contributed by atoms with Gasteiger partial charge in [0.1, 0.15) is 6.61 Å². The highest BCUT2D eigenvalue weighted by atomic mass is 32.2. The van der Waals surface area contributed by atoms with E-state index in [1.807, 2.05) is 6.26 Å². The van der Waals surface area contributed by atoms with Gasteiger partial charge in [-0.2, -0.15) is 11.8 Å². The van der Waals surface area contributed by atoms with Crippen molar-refractivity contribution in [3.63, 3.8) is 0 Å². The smallest absolute Gasteiger partial charge is 0.385 e. The van der Waals surface area contributed by atoms with Crippen molar-refractivity contribution in [3.05, 3.63) is 0 Å².